The maximum absolute atomic E-state index is 13.7. The summed E-state index contributed by atoms with van der Waals surface area (Å²) in [6.07, 6.45) is 1.92. The molecular formula is C17H27FO2. The molecule has 0 saturated carbocycles. The van der Waals surface area contributed by atoms with Crippen LogP contribution in [0.2, 0.25) is 0 Å². The van der Waals surface area contributed by atoms with E-state index >= 15 is 0 Å². The number of methoxy groups -OCH3 is 1. The van der Waals surface area contributed by atoms with Gasteiger partial charge in [-0.05, 0) is 42.4 Å². The molecule has 20 heavy (non-hydrogen) atoms. The Kier molecular flexibility index (Phi) is 6.00. The number of hydrogen-bond acceptors (Lipinski definition) is 2. The molecule has 1 N–H and O–H groups in total. The van der Waals surface area contributed by atoms with Crippen LogP contribution in [0.15, 0.2) is 18.2 Å². The van der Waals surface area contributed by atoms with Crippen molar-refractivity contribution < 1.29 is 14.2 Å². The first kappa shape index (κ1) is 17.0. The Bertz CT molecular complexity index is 417. The van der Waals surface area contributed by atoms with Crippen LogP contribution in [0.5, 0.6) is 5.75 Å². The van der Waals surface area contributed by atoms with Crippen LogP contribution in [0.4, 0.5) is 4.39 Å². The lowest BCUT2D eigenvalue weighted by Crippen LogP contribution is -2.35. The van der Waals surface area contributed by atoms with E-state index in [9.17, 15) is 9.50 Å². The van der Waals surface area contributed by atoms with Crippen LogP contribution in [0, 0.1) is 17.7 Å². The number of hydrogen-bond donors (Lipinski definition) is 1. The summed E-state index contributed by atoms with van der Waals surface area (Å²) < 4.78 is 18.7. The van der Waals surface area contributed by atoms with Gasteiger partial charge in [-0.25, -0.2) is 4.39 Å². The first-order valence-corrected chi connectivity index (χ1v) is 7.30. The molecule has 0 unspecified atom stereocenters. The predicted molar refractivity (Wildman–Crippen MR) is 80.5 cm³/mol. The van der Waals surface area contributed by atoms with E-state index < -0.39 is 5.60 Å². The lowest BCUT2D eigenvalue weighted by atomic mass is 9.80. The Morgan fingerprint density at radius 2 is 1.70 bits per heavy atom. The van der Waals surface area contributed by atoms with Crippen LogP contribution in [-0.4, -0.2) is 17.8 Å². The largest absolute Gasteiger partial charge is 0.494 e. The average Bonchev–Trinajstić information content (AvgIpc) is 2.26. The minimum absolute atomic E-state index is 0.241. The number of halogens is 1. The molecule has 0 bridgehead atoms. The molecule has 1 aromatic rings. The molecule has 0 heterocycles. The molecule has 0 aliphatic rings. The van der Waals surface area contributed by atoms with Crippen molar-refractivity contribution in [2.75, 3.05) is 7.11 Å². The van der Waals surface area contributed by atoms with Gasteiger partial charge in [0.05, 0.1) is 12.7 Å². The number of benzene rings is 1. The van der Waals surface area contributed by atoms with Gasteiger partial charge in [0.15, 0.2) is 11.6 Å². The Morgan fingerprint density at radius 3 is 2.10 bits per heavy atom. The molecular weight excluding hydrogens is 255 g/mol. The van der Waals surface area contributed by atoms with Crippen molar-refractivity contribution in [3.8, 4) is 5.75 Å². The molecule has 0 radical (unpaired) electrons. The van der Waals surface area contributed by atoms with Crippen molar-refractivity contribution in [1.82, 2.24) is 0 Å². The van der Waals surface area contributed by atoms with Gasteiger partial charge < -0.3 is 9.84 Å². The van der Waals surface area contributed by atoms with Gasteiger partial charge >= 0.3 is 0 Å². The zero-order valence-electron chi connectivity index (χ0n) is 13.2. The normalized spacial score (nSPS) is 12.2. The van der Waals surface area contributed by atoms with Crippen LogP contribution in [0.1, 0.15) is 46.1 Å². The molecule has 3 heteroatoms. The summed E-state index contributed by atoms with van der Waals surface area (Å²) in [7, 11) is 1.45. The minimum Gasteiger partial charge on any atom is -0.494 e. The fourth-order valence-corrected chi connectivity index (χ4v) is 2.95. The second-order valence-electron chi connectivity index (χ2n) is 6.57. The van der Waals surface area contributed by atoms with Gasteiger partial charge in [0.25, 0.3) is 0 Å². The minimum atomic E-state index is -0.774. The Balaban J connectivity index is 2.91. The molecule has 0 saturated heterocycles. The molecule has 0 aliphatic heterocycles. The van der Waals surface area contributed by atoms with Gasteiger partial charge in [0, 0.05) is 6.42 Å². The molecule has 1 rings (SSSR count). The van der Waals surface area contributed by atoms with Crippen LogP contribution in [0.3, 0.4) is 0 Å². The highest BCUT2D eigenvalue weighted by Gasteiger charge is 2.29. The average molecular weight is 282 g/mol. The van der Waals surface area contributed by atoms with Crippen molar-refractivity contribution in [3.63, 3.8) is 0 Å². The highest BCUT2D eigenvalue weighted by molar-refractivity contribution is 5.30. The maximum atomic E-state index is 13.7. The van der Waals surface area contributed by atoms with Gasteiger partial charge in [-0.1, -0.05) is 33.8 Å². The molecule has 0 spiro atoms. The van der Waals surface area contributed by atoms with Crippen molar-refractivity contribution >= 4 is 0 Å². The van der Waals surface area contributed by atoms with Crippen molar-refractivity contribution in [2.45, 2.75) is 52.6 Å². The standard InChI is InChI=1S/C17H27FO2/c1-12(2)9-17(19,10-13(3)4)11-14-6-7-16(20-5)15(18)8-14/h6-8,12-13,19H,9-11H2,1-5H3. The third-order valence-electron chi connectivity index (χ3n) is 3.33. The van der Waals surface area contributed by atoms with Crippen LogP contribution < -0.4 is 4.74 Å². The number of rotatable bonds is 7. The summed E-state index contributed by atoms with van der Waals surface area (Å²) >= 11 is 0. The SMILES string of the molecule is COc1ccc(CC(O)(CC(C)C)CC(C)C)cc1F. The summed E-state index contributed by atoms with van der Waals surface area (Å²) in [6.45, 7) is 8.39. The van der Waals surface area contributed by atoms with Crippen molar-refractivity contribution in [3.05, 3.63) is 29.6 Å². The van der Waals surface area contributed by atoms with Crippen LogP contribution >= 0.6 is 0 Å². The van der Waals surface area contributed by atoms with Crippen LogP contribution in [-0.2, 0) is 6.42 Å². The van der Waals surface area contributed by atoms with Gasteiger partial charge in [0.1, 0.15) is 0 Å². The maximum Gasteiger partial charge on any atom is 0.165 e. The summed E-state index contributed by atoms with van der Waals surface area (Å²) in [6, 6.07) is 4.91. The van der Waals surface area contributed by atoms with E-state index in [1.165, 1.54) is 13.2 Å². The fraction of sp³-hybridized carbons (Fsp3) is 0.647. The lowest BCUT2D eigenvalue weighted by Gasteiger charge is -2.32. The molecule has 0 amide bonds. The van der Waals surface area contributed by atoms with Crippen molar-refractivity contribution in [1.29, 1.82) is 0 Å². The van der Waals surface area contributed by atoms with Gasteiger partial charge in [-0.3, -0.25) is 0 Å². The zero-order valence-corrected chi connectivity index (χ0v) is 13.2. The smallest absolute Gasteiger partial charge is 0.165 e. The quantitative estimate of drug-likeness (QED) is 0.812. The van der Waals surface area contributed by atoms with Crippen molar-refractivity contribution in [2.24, 2.45) is 11.8 Å². The topological polar surface area (TPSA) is 29.5 Å². The van der Waals surface area contributed by atoms with Gasteiger partial charge in [0.2, 0.25) is 0 Å². The lowest BCUT2D eigenvalue weighted by molar-refractivity contribution is 0.000690. The fourth-order valence-electron chi connectivity index (χ4n) is 2.95. The molecule has 0 atom stereocenters. The summed E-state index contributed by atoms with van der Waals surface area (Å²) in [4.78, 5) is 0. The molecule has 0 fully saturated rings. The Labute approximate surface area is 122 Å². The third-order valence-corrected chi connectivity index (χ3v) is 3.33. The molecule has 1 aromatic carbocycles. The van der Waals surface area contributed by atoms with E-state index in [2.05, 4.69) is 27.7 Å². The second kappa shape index (κ2) is 7.07. The van der Waals surface area contributed by atoms with Crippen LogP contribution in [0.25, 0.3) is 0 Å². The Morgan fingerprint density at radius 1 is 1.15 bits per heavy atom. The Hall–Kier alpha value is -1.09. The van der Waals surface area contributed by atoms with E-state index in [1.807, 2.05) is 6.07 Å². The van der Waals surface area contributed by atoms with E-state index in [1.54, 1.807) is 6.07 Å². The third kappa shape index (κ3) is 5.12. The van der Waals surface area contributed by atoms with Gasteiger partial charge in [-0.2, -0.15) is 0 Å². The van der Waals surface area contributed by atoms with E-state index in [0.717, 1.165) is 18.4 Å². The van der Waals surface area contributed by atoms with E-state index in [4.69, 9.17) is 4.74 Å². The summed E-state index contributed by atoms with van der Waals surface area (Å²) in [5.74, 6) is 0.676. The molecule has 0 aromatic heterocycles. The first-order valence-electron chi connectivity index (χ1n) is 7.30. The predicted octanol–water partition coefficient (Wildman–Crippen LogP) is 4.20. The molecule has 114 valence electrons. The highest BCUT2D eigenvalue weighted by atomic mass is 19.1. The van der Waals surface area contributed by atoms with E-state index in [0.29, 0.717) is 18.3 Å². The number of ether oxygens (including phenoxy) is 1. The summed E-state index contributed by atoms with van der Waals surface area (Å²) in [5.41, 5.74) is 0.0377. The molecule has 0 aliphatic carbocycles. The zero-order chi connectivity index (χ0) is 15.3. The van der Waals surface area contributed by atoms with Gasteiger partial charge in [-0.15, -0.1) is 0 Å². The highest BCUT2D eigenvalue weighted by Crippen LogP contribution is 2.30. The summed E-state index contributed by atoms with van der Waals surface area (Å²) in [5, 5.41) is 10.9. The van der Waals surface area contributed by atoms with E-state index in [-0.39, 0.29) is 11.6 Å². The first-order chi connectivity index (χ1) is 9.25. The number of aliphatic hydroxyl groups is 1. The monoisotopic (exact) mass is 282 g/mol. The second-order valence-corrected chi connectivity index (χ2v) is 6.57. The molecule has 2 nitrogen and oxygen atoms in total.